The molecule has 0 spiro atoms. The second-order valence-electron chi connectivity index (χ2n) is 5.77. The zero-order valence-corrected chi connectivity index (χ0v) is 14.9. The molecule has 6 nitrogen and oxygen atoms in total. The highest BCUT2D eigenvalue weighted by Gasteiger charge is 2.19. The van der Waals surface area contributed by atoms with E-state index in [1.165, 1.54) is 0 Å². The van der Waals surface area contributed by atoms with Crippen LogP contribution in [0.2, 0.25) is 5.02 Å². The van der Waals surface area contributed by atoms with E-state index in [9.17, 15) is 4.79 Å². The first kappa shape index (κ1) is 17.8. The molecule has 1 aromatic heterocycles. The minimum atomic E-state index is -0.367. The smallest absolute Gasteiger partial charge is 0.356 e. The summed E-state index contributed by atoms with van der Waals surface area (Å²) in [5, 5.41) is 7.45. The number of benzene rings is 1. The molecule has 0 aliphatic carbocycles. The molecule has 1 aliphatic heterocycles. The lowest BCUT2D eigenvalue weighted by Crippen LogP contribution is -2.35. The molecule has 0 saturated carbocycles. The number of hydrogen-bond acceptors (Lipinski definition) is 5. The lowest BCUT2D eigenvalue weighted by atomic mass is 10.00. The third-order valence-electron chi connectivity index (χ3n) is 4.10. The van der Waals surface area contributed by atoms with Crippen LogP contribution in [-0.2, 0) is 16.0 Å². The van der Waals surface area contributed by atoms with Crippen LogP contribution >= 0.6 is 11.6 Å². The molecular formula is C18H22ClN3O3. The van der Waals surface area contributed by atoms with Gasteiger partial charge < -0.3 is 25.1 Å². The van der Waals surface area contributed by atoms with Crippen molar-refractivity contribution in [3.8, 4) is 0 Å². The number of anilines is 1. The molecule has 3 N–H and O–H groups in total. The number of aromatic nitrogens is 1. The maximum Gasteiger partial charge on any atom is 0.356 e. The van der Waals surface area contributed by atoms with Gasteiger partial charge >= 0.3 is 5.97 Å². The third kappa shape index (κ3) is 4.34. The first-order chi connectivity index (χ1) is 12.2. The molecule has 1 aromatic carbocycles. The van der Waals surface area contributed by atoms with E-state index in [0.717, 1.165) is 24.3 Å². The zero-order valence-electron chi connectivity index (χ0n) is 14.1. The molecule has 0 bridgehead atoms. The molecule has 0 radical (unpaired) electrons. The van der Waals surface area contributed by atoms with E-state index < -0.39 is 0 Å². The Labute approximate surface area is 151 Å². The van der Waals surface area contributed by atoms with E-state index in [2.05, 4.69) is 15.6 Å². The quantitative estimate of drug-likeness (QED) is 0.687. The summed E-state index contributed by atoms with van der Waals surface area (Å²) in [5.41, 5.74) is 3.35. The molecule has 25 heavy (non-hydrogen) atoms. The van der Waals surface area contributed by atoms with Gasteiger partial charge in [-0.2, -0.15) is 0 Å². The normalized spacial score (nSPS) is 17.3. The minimum absolute atomic E-state index is 0.111. The molecule has 1 unspecified atom stereocenters. The molecule has 2 aromatic rings. The molecule has 134 valence electrons. The lowest BCUT2D eigenvalue weighted by Gasteiger charge is -2.26. The summed E-state index contributed by atoms with van der Waals surface area (Å²) in [6.45, 7) is 4.84. The van der Waals surface area contributed by atoms with Gasteiger partial charge in [-0.3, -0.25) is 0 Å². The Morgan fingerprint density at radius 1 is 1.44 bits per heavy atom. The highest BCUT2D eigenvalue weighted by atomic mass is 35.5. The van der Waals surface area contributed by atoms with Crippen molar-refractivity contribution < 1.29 is 14.3 Å². The van der Waals surface area contributed by atoms with Crippen molar-refractivity contribution in [1.82, 2.24) is 10.3 Å². The Hall–Kier alpha value is -2.02. The number of nitrogens with one attached hydrogen (secondary N) is 3. The van der Waals surface area contributed by atoms with Crippen LogP contribution in [0, 0.1) is 0 Å². The Balaban J connectivity index is 1.75. The second-order valence-corrected chi connectivity index (χ2v) is 6.20. The van der Waals surface area contributed by atoms with Crippen LogP contribution < -0.4 is 10.6 Å². The number of hydrogen-bond donors (Lipinski definition) is 3. The van der Waals surface area contributed by atoms with Crippen molar-refractivity contribution in [2.24, 2.45) is 0 Å². The number of aromatic amines is 1. The number of esters is 1. The van der Waals surface area contributed by atoms with Gasteiger partial charge in [0.1, 0.15) is 5.69 Å². The third-order valence-corrected chi connectivity index (χ3v) is 4.34. The van der Waals surface area contributed by atoms with E-state index in [4.69, 9.17) is 21.1 Å². The van der Waals surface area contributed by atoms with Gasteiger partial charge in [-0.15, -0.1) is 0 Å². The van der Waals surface area contributed by atoms with Crippen molar-refractivity contribution in [3.63, 3.8) is 0 Å². The average Bonchev–Trinajstić information content (AvgIpc) is 3.10. The van der Waals surface area contributed by atoms with Gasteiger partial charge in [0, 0.05) is 24.3 Å². The maximum atomic E-state index is 12.0. The van der Waals surface area contributed by atoms with Crippen LogP contribution in [0.4, 0.5) is 5.69 Å². The molecule has 1 saturated heterocycles. The van der Waals surface area contributed by atoms with E-state index in [1.807, 2.05) is 24.3 Å². The number of carbonyl (C=O) groups excluding carboxylic acids is 1. The van der Waals surface area contributed by atoms with Crippen molar-refractivity contribution in [2.75, 3.05) is 31.7 Å². The van der Waals surface area contributed by atoms with Gasteiger partial charge in [-0.25, -0.2) is 4.79 Å². The molecule has 7 heteroatoms. The number of H-pyrrole nitrogens is 1. The number of carbonyl (C=O) groups is 1. The number of morpholine rings is 1. The zero-order chi connectivity index (χ0) is 17.6. The van der Waals surface area contributed by atoms with Crippen LogP contribution in [0.15, 0.2) is 30.5 Å². The molecule has 3 rings (SSSR count). The lowest BCUT2D eigenvalue weighted by molar-refractivity contribution is 0.0521. The number of halogens is 1. The largest absolute Gasteiger partial charge is 0.461 e. The fourth-order valence-electron chi connectivity index (χ4n) is 2.90. The van der Waals surface area contributed by atoms with Crippen molar-refractivity contribution >= 4 is 23.3 Å². The van der Waals surface area contributed by atoms with Crippen molar-refractivity contribution in [2.45, 2.75) is 19.5 Å². The summed E-state index contributed by atoms with van der Waals surface area (Å²) in [6, 6.07) is 7.77. The first-order valence-corrected chi connectivity index (χ1v) is 8.74. The van der Waals surface area contributed by atoms with Gasteiger partial charge in [0.2, 0.25) is 0 Å². The standard InChI is InChI=1S/C18H22ClN3O3/c1-2-25-18(23)17-15(5-6-21-17)22-10-12-3-4-13(19)9-14(12)16-11-24-8-7-20-16/h3-6,9,16,20-22H,2,7-8,10-11H2,1H3. The second kappa shape index (κ2) is 8.38. The summed E-state index contributed by atoms with van der Waals surface area (Å²) >= 11 is 6.18. The molecule has 1 aliphatic rings. The predicted molar refractivity (Wildman–Crippen MR) is 97.1 cm³/mol. The maximum absolute atomic E-state index is 12.0. The van der Waals surface area contributed by atoms with Crippen LogP contribution in [0.5, 0.6) is 0 Å². The van der Waals surface area contributed by atoms with Crippen LogP contribution in [0.3, 0.4) is 0 Å². The fraction of sp³-hybridized carbons (Fsp3) is 0.389. The van der Waals surface area contributed by atoms with E-state index >= 15 is 0 Å². The van der Waals surface area contributed by atoms with Crippen molar-refractivity contribution in [1.29, 1.82) is 0 Å². The van der Waals surface area contributed by atoms with Gasteiger partial charge in [0.15, 0.2) is 0 Å². The molecule has 2 heterocycles. The summed E-state index contributed by atoms with van der Waals surface area (Å²) < 4.78 is 10.6. The monoisotopic (exact) mass is 363 g/mol. The van der Waals surface area contributed by atoms with Crippen LogP contribution in [0.25, 0.3) is 0 Å². The summed E-state index contributed by atoms with van der Waals surface area (Å²) in [6.07, 6.45) is 1.72. The fourth-order valence-corrected chi connectivity index (χ4v) is 3.08. The molecule has 1 fully saturated rings. The van der Waals surface area contributed by atoms with Crippen molar-refractivity contribution in [3.05, 3.63) is 52.3 Å². The predicted octanol–water partition coefficient (Wildman–Crippen LogP) is 3.12. The Morgan fingerprint density at radius 2 is 2.32 bits per heavy atom. The number of ether oxygens (including phenoxy) is 2. The Bertz CT molecular complexity index is 726. The van der Waals surface area contributed by atoms with E-state index in [-0.39, 0.29) is 12.0 Å². The Morgan fingerprint density at radius 3 is 3.08 bits per heavy atom. The average molecular weight is 364 g/mol. The van der Waals surface area contributed by atoms with Gasteiger partial charge in [-0.1, -0.05) is 17.7 Å². The minimum Gasteiger partial charge on any atom is -0.461 e. The highest BCUT2D eigenvalue weighted by molar-refractivity contribution is 6.30. The van der Waals surface area contributed by atoms with Gasteiger partial charge in [0.05, 0.1) is 31.5 Å². The first-order valence-electron chi connectivity index (χ1n) is 8.37. The highest BCUT2D eigenvalue weighted by Crippen LogP contribution is 2.25. The van der Waals surface area contributed by atoms with E-state index in [1.54, 1.807) is 13.1 Å². The molecule has 1 atom stereocenters. The van der Waals surface area contributed by atoms with Gasteiger partial charge in [-0.05, 0) is 36.2 Å². The Kier molecular flexibility index (Phi) is 5.96. The topological polar surface area (TPSA) is 75.4 Å². The summed E-state index contributed by atoms with van der Waals surface area (Å²) in [5.74, 6) is -0.367. The van der Waals surface area contributed by atoms with Crippen LogP contribution in [-0.4, -0.2) is 37.3 Å². The van der Waals surface area contributed by atoms with Gasteiger partial charge in [0.25, 0.3) is 0 Å². The van der Waals surface area contributed by atoms with E-state index in [0.29, 0.717) is 36.2 Å². The molecule has 0 amide bonds. The molecular weight excluding hydrogens is 342 g/mol. The SMILES string of the molecule is CCOC(=O)c1[nH]ccc1NCc1ccc(Cl)cc1C1COCCN1. The summed E-state index contributed by atoms with van der Waals surface area (Å²) in [7, 11) is 0. The number of rotatable bonds is 6. The summed E-state index contributed by atoms with van der Waals surface area (Å²) in [4.78, 5) is 14.9. The van der Waals surface area contributed by atoms with Crippen LogP contribution in [0.1, 0.15) is 34.6 Å².